The molecule has 1 aromatic heterocycles. The summed E-state index contributed by atoms with van der Waals surface area (Å²) in [6, 6.07) is 7.50. The van der Waals surface area contributed by atoms with Gasteiger partial charge in [-0.05, 0) is 42.5 Å². The molecule has 0 fully saturated rings. The minimum Gasteiger partial charge on any atom is -0.359 e. The van der Waals surface area contributed by atoms with Gasteiger partial charge in [0.1, 0.15) is 0 Å². The number of fused-ring (bicyclic) bond motifs is 1. The number of hydrogen-bond donors (Lipinski definition) is 2. The fourth-order valence-corrected chi connectivity index (χ4v) is 2.91. The van der Waals surface area contributed by atoms with Gasteiger partial charge in [-0.1, -0.05) is 29.7 Å². The van der Waals surface area contributed by atoms with Crippen molar-refractivity contribution in [2.45, 2.75) is 38.8 Å². The number of benzene rings is 1. The van der Waals surface area contributed by atoms with Crippen LogP contribution in [0.25, 0.3) is 0 Å². The van der Waals surface area contributed by atoms with Crippen LogP contribution in [0.1, 0.15) is 42.0 Å². The van der Waals surface area contributed by atoms with Crippen molar-refractivity contribution in [1.82, 2.24) is 15.8 Å². The molecule has 0 bridgehead atoms. The molecule has 3 rings (SSSR count). The Balaban J connectivity index is 1.55. The number of rotatable bonds is 4. The lowest BCUT2D eigenvalue weighted by atomic mass is 10.1. The molecular weight excluding hydrogens is 302 g/mol. The van der Waals surface area contributed by atoms with Crippen LogP contribution < -0.4 is 10.6 Å². The highest BCUT2D eigenvalue weighted by Gasteiger charge is 2.24. The highest BCUT2D eigenvalue weighted by Crippen LogP contribution is 2.32. The molecule has 22 heavy (non-hydrogen) atoms. The summed E-state index contributed by atoms with van der Waals surface area (Å²) in [7, 11) is 0. The summed E-state index contributed by atoms with van der Waals surface area (Å²) >= 11 is 5.99. The zero-order chi connectivity index (χ0) is 15.5. The van der Waals surface area contributed by atoms with Gasteiger partial charge in [-0.3, -0.25) is 0 Å². The van der Waals surface area contributed by atoms with Crippen LogP contribution >= 0.6 is 11.6 Å². The predicted octanol–water partition coefficient (Wildman–Crippen LogP) is 3.38. The Bertz CT molecular complexity index is 684. The second-order valence-electron chi connectivity index (χ2n) is 5.40. The number of halogens is 1. The minimum absolute atomic E-state index is 0.0354. The number of aryl methyl sites for hydroxylation is 2. The molecule has 0 saturated carbocycles. The molecule has 2 amide bonds. The topological polar surface area (TPSA) is 67.2 Å². The van der Waals surface area contributed by atoms with E-state index in [0.29, 0.717) is 12.3 Å². The maximum absolute atomic E-state index is 12.0. The summed E-state index contributed by atoms with van der Waals surface area (Å²) in [5, 5.41) is 10.4. The number of nitrogens with one attached hydrogen (secondary N) is 2. The first kappa shape index (κ1) is 14.9. The molecule has 2 aromatic rings. The van der Waals surface area contributed by atoms with Gasteiger partial charge in [0.15, 0.2) is 5.76 Å². The summed E-state index contributed by atoms with van der Waals surface area (Å²) in [6.07, 6.45) is 2.64. The van der Waals surface area contributed by atoms with Gasteiger partial charge in [-0.15, -0.1) is 0 Å². The zero-order valence-electron chi connectivity index (χ0n) is 12.4. The van der Waals surface area contributed by atoms with E-state index in [0.717, 1.165) is 35.5 Å². The van der Waals surface area contributed by atoms with Gasteiger partial charge < -0.3 is 15.2 Å². The number of aromatic nitrogens is 1. The molecule has 2 N–H and O–H groups in total. The van der Waals surface area contributed by atoms with E-state index in [9.17, 15) is 4.79 Å². The summed E-state index contributed by atoms with van der Waals surface area (Å²) in [5.74, 6) is 0.658. The number of amides is 2. The third-order valence-electron chi connectivity index (χ3n) is 3.88. The fraction of sp³-hybridized carbons (Fsp3) is 0.375. The lowest BCUT2D eigenvalue weighted by molar-refractivity contribution is 0.235. The first-order valence-corrected chi connectivity index (χ1v) is 7.80. The predicted molar refractivity (Wildman–Crippen MR) is 83.8 cm³/mol. The van der Waals surface area contributed by atoms with Crippen molar-refractivity contribution >= 4 is 17.6 Å². The van der Waals surface area contributed by atoms with Crippen LogP contribution in [0.4, 0.5) is 4.79 Å². The van der Waals surface area contributed by atoms with Gasteiger partial charge in [0.25, 0.3) is 0 Å². The number of carbonyl (C=O) groups is 1. The molecule has 0 radical (unpaired) electrons. The quantitative estimate of drug-likeness (QED) is 0.908. The van der Waals surface area contributed by atoms with E-state index in [1.165, 1.54) is 5.56 Å². The summed E-state index contributed by atoms with van der Waals surface area (Å²) < 4.78 is 5.14. The van der Waals surface area contributed by atoms with Crippen molar-refractivity contribution in [2.75, 3.05) is 0 Å². The van der Waals surface area contributed by atoms with E-state index < -0.39 is 0 Å². The first-order valence-electron chi connectivity index (χ1n) is 7.43. The molecular formula is C16H18ClN3O2. The molecule has 6 heteroatoms. The van der Waals surface area contributed by atoms with E-state index in [1.54, 1.807) is 0 Å². The fourth-order valence-electron chi connectivity index (χ4n) is 2.72. The molecule has 1 aliphatic carbocycles. The standard InChI is InChI=1S/C16H18ClN3O2/c1-2-12-8-13(22-20-12)9-18-16(21)19-15-6-3-10-7-11(17)4-5-14(10)15/h4-5,7-8,15H,2-3,6,9H2,1H3,(H2,18,19,21)/t15-/m1/s1. The second-order valence-corrected chi connectivity index (χ2v) is 5.84. The molecule has 116 valence electrons. The van der Waals surface area contributed by atoms with E-state index in [1.807, 2.05) is 31.2 Å². The average molecular weight is 320 g/mol. The van der Waals surface area contributed by atoms with E-state index >= 15 is 0 Å². The zero-order valence-corrected chi connectivity index (χ0v) is 13.1. The van der Waals surface area contributed by atoms with Crippen molar-refractivity contribution in [3.8, 4) is 0 Å². The summed E-state index contributed by atoms with van der Waals surface area (Å²) in [6.45, 7) is 2.34. The monoisotopic (exact) mass is 319 g/mol. The molecule has 1 heterocycles. The van der Waals surface area contributed by atoms with Crippen LogP contribution in [-0.4, -0.2) is 11.2 Å². The number of hydrogen-bond acceptors (Lipinski definition) is 3. The first-order chi connectivity index (χ1) is 10.7. The van der Waals surface area contributed by atoms with Gasteiger partial charge in [0.05, 0.1) is 18.3 Å². The molecule has 1 aromatic carbocycles. The Kier molecular flexibility index (Phi) is 4.34. The molecule has 5 nitrogen and oxygen atoms in total. The van der Waals surface area contributed by atoms with Crippen LogP contribution in [0.3, 0.4) is 0 Å². The van der Waals surface area contributed by atoms with Crippen LogP contribution in [-0.2, 0) is 19.4 Å². The highest BCUT2D eigenvalue weighted by molar-refractivity contribution is 6.30. The Morgan fingerprint density at radius 3 is 3.09 bits per heavy atom. The average Bonchev–Trinajstić information content (AvgIpc) is 3.12. The van der Waals surface area contributed by atoms with Crippen molar-refractivity contribution in [1.29, 1.82) is 0 Å². The minimum atomic E-state index is -0.206. The maximum atomic E-state index is 12.0. The highest BCUT2D eigenvalue weighted by atomic mass is 35.5. The smallest absolute Gasteiger partial charge is 0.315 e. The van der Waals surface area contributed by atoms with Crippen molar-refractivity contribution in [3.05, 3.63) is 51.9 Å². The molecule has 0 spiro atoms. The van der Waals surface area contributed by atoms with Gasteiger partial charge in [0, 0.05) is 11.1 Å². The van der Waals surface area contributed by atoms with Crippen LogP contribution in [0.2, 0.25) is 5.02 Å². The van der Waals surface area contributed by atoms with Crippen molar-refractivity contribution in [2.24, 2.45) is 0 Å². The van der Waals surface area contributed by atoms with Crippen LogP contribution in [0.5, 0.6) is 0 Å². The normalized spacial score (nSPS) is 16.4. The van der Waals surface area contributed by atoms with E-state index in [2.05, 4.69) is 15.8 Å². The number of urea groups is 1. The number of carbonyl (C=O) groups excluding carboxylic acids is 1. The Labute approximate surface area is 134 Å². The van der Waals surface area contributed by atoms with Crippen LogP contribution in [0.15, 0.2) is 28.8 Å². The van der Waals surface area contributed by atoms with E-state index in [4.69, 9.17) is 16.1 Å². The van der Waals surface area contributed by atoms with Gasteiger partial charge in [0.2, 0.25) is 0 Å². The molecule has 1 atom stereocenters. The third-order valence-corrected chi connectivity index (χ3v) is 4.12. The molecule has 1 aliphatic rings. The Morgan fingerprint density at radius 1 is 1.45 bits per heavy atom. The Morgan fingerprint density at radius 2 is 2.32 bits per heavy atom. The van der Waals surface area contributed by atoms with Gasteiger partial charge >= 0.3 is 6.03 Å². The molecule has 0 aliphatic heterocycles. The summed E-state index contributed by atoms with van der Waals surface area (Å²) in [5.41, 5.74) is 3.24. The lowest BCUT2D eigenvalue weighted by Gasteiger charge is -2.14. The lowest BCUT2D eigenvalue weighted by Crippen LogP contribution is -2.36. The number of nitrogens with zero attached hydrogens (tertiary/aromatic N) is 1. The summed E-state index contributed by atoms with van der Waals surface area (Å²) in [4.78, 5) is 12.0. The second kappa shape index (κ2) is 6.40. The van der Waals surface area contributed by atoms with Gasteiger partial charge in [-0.2, -0.15) is 0 Å². The SMILES string of the molecule is CCc1cc(CNC(=O)N[C@@H]2CCc3cc(Cl)ccc32)on1. The van der Waals surface area contributed by atoms with E-state index in [-0.39, 0.29) is 12.1 Å². The van der Waals surface area contributed by atoms with Crippen molar-refractivity contribution in [3.63, 3.8) is 0 Å². The largest absolute Gasteiger partial charge is 0.359 e. The van der Waals surface area contributed by atoms with Crippen LogP contribution in [0, 0.1) is 0 Å². The third kappa shape index (κ3) is 3.25. The maximum Gasteiger partial charge on any atom is 0.315 e. The molecule has 0 unspecified atom stereocenters. The van der Waals surface area contributed by atoms with Gasteiger partial charge in [-0.25, -0.2) is 4.79 Å². The molecule has 0 saturated heterocycles. The Hall–Kier alpha value is -2.01. The van der Waals surface area contributed by atoms with Crippen molar-refractivity contribution < 1.29 is 9.32 Å².